The highest BCUT2D eigenvalue weighted by molar-refractivity contribution is 6.29. The lowest BCUT2D eigenvalue weighted by Crippen LogP contribution is -2.46. The first kappa shape index (κ1) is 28.3. The van der Waals surface area contributed by atoms with Crippen LogP contribution in [0, 0.1) is 10.8 Å². The lowest BCUT2D eigenvalue weighted by Gasteiger charge is -2.29. The number of carbonyl (C=O) groups excluding carboxylic acids is 2. The van der Waals surface area contributed by atoms with Crippen LogP contribution in [0.3, 0.4) is 0 Å². The van der Waals surface area contributed by atoms with Crippen LogP contribution in [-0.4, -0.2) is 51.5 Å². The Hall–Kier alpha value is -4.28. The maximum Gasteiger partial charge on any atom is 0.336 e. The van der Waals surface area contributed by atoms with Gasteiger partial charge in [0, 0.05) is 22.4 Å². The van der Waals surface area contributed by atoms with Crippen molar-refractivity contribution in [3.05, 3.63) is 82.1 Å². The normalized spacial score (nSPS) is 11.9. The summed E-state index contributed by atoms with van der Waals surface area (Å²) in [6, 6.07) is 12.7. The molecule has 0 bridgehead atoms. The van der Waals surface area contributed by atoms with Crippen LogP contribution in [0.15, 0.2) is 54.6 Å². The molecule has 0 aliphatic rings. The minimum atomic E-state index is -1.31. The van der Waals surface area contributed by atoms with E-state index in [-0.39, 0.29) is 45.5 Å². The summed E-state index contributed by atoms with van der Waals surface area (Å²) in [6.07, 6.45) is 0. The molecular weight excluding hydrogens is 510 g/mol. The van der Waals surface area contributed by atoms with Gasteiger partial charge in [-0.2, -0.15) is 0 Å². The van der Waals surface area contributed by atoms with Crippen molar-refractivity contribution < 1.29 is 24.6 Å². The van der Waals surface area contributed by atoms with E-state index in [1.807, 2.05) is 20.8 Å². The zero-order valence-corrected chi connectivity index (χ0v) is 21.8. The summed E-state index contributed by atoms with van der Waals surface area (Å²) < 4.78 is 0. The van der Waals surface area contributed by atoms with Crippen LogP contribution >= 0.6 is 11.6 Å². The first-order valence-corrected chi connectivity index (χ1v) is 11.9. The summed E-state index contributed by atoms with van der Waals surface area (Å²) in [5, 5.41) is 32.5. The number of nitrogens with zero attached hydrogens (tertiary/aromatic N) is 1. The Kier molecular flexibility index (Phi) is 8.49. The molecule has 38 heavy (non-hydrogen) atoms. The van der Waals surface area contributed by atoms with Crippen molar-refractivity contribution in [3.8, 4) is 11.1 Å². The molecule has 2 amide bonds. The molecule has 0 aliphatic carbocycles. The van der Waals surface area contributed by atoms with E-state index in [1.165, 1.54) is 30.3 Å². The van der Waals surface area contributed by atoms with E-state index in [0.29, 0.717) is 11.3 Å². The smallest absolute Gasteiger partial charge is 0.336 e. The highest BCUT2D eigenvalue weighted by Crippen LogP contribution is 2.30. The number of nitrogens with one attached hydrogen (secondary N) is 3. The van der Waals surface area contributed by atoms with Crippen molar-refractivity contribution >= 4 is 40.9 Å². The van der Waals surface area contributed by atoms with Crippen LogP contribution in [0.25, 0.3) is 11.1 Å². The van der Waals surface area contributed by atoms with Crippen LogP contribution in [0.4, 0.5) is 5.69 Å². The topological polar surface area (TPSA) is 178 Å². The van der Waals surface area contributed by atoms with Crippen LogP contribution in [-0.2, 0) is 0 Å². The number of nitrogen functional groups attached to an aromatic ring is 1. The van der Waals surface area contributed by atoms with Gasteiger partial charge in [0.15, 0.2) is 0 Å². The van der Waals surface area contributed by atoms with Gasteiger partial charge < -0.3 is 26.6 Å². The van der Waals surface area contributed by atoms with Crippen LogP contribution in [0.5, 0.6) is 0 Å². The standard InChI is InChI=1S/C27H28ClN5O5/c1-27(2,3)20(13-34)32-24(35)15-6-9-17(19(12-15)26(37)38)18-10-11-21(28)33-22(18)25(36)31-16-7-4-14(5-8-16)23(29)30/h4-12,20,34H,13H2,1-3H3,(H3,29,30)(H,31,36)(H,32,35)(H,37,38). The SMILES string of the molecule is CC(C)(C)C(CO)NC(=O)c1ccc(-c2ccc(Cl)nc2C(=O)Nc2ccc(C(=N)N)cc2)c(C(=O)O)c1. The third kappa shape index (κ3) is 6.53. The van der Waals surface area contributed by atoms with Crippen molar-refractivity contribution in [1.29, 1.82) is 5.41 Å². The molecule has 3 rings (SSSR count). The lowest BCUT2D eigenvalue weighted by atomic mass is 9.87. The third-order valence-corrected chi connectivity index (χ3v) is 6.08. The van der Waals surface area contributed by atoms with Crippen molar-refractivity contribution in [1.82, 2.24) is 10.3 Å². The van der Waals surface area contributed by atoms with Gasteiger partial charge in [-0.3, -0.25) is 15.0 Å². The second kappa shape index (κ2) is 11.4. The van der Waals surface area contributed by atoms with Gasteiger partial charge in [0.2, 0.25) is 0 Å². The van der Waals surface area contributed by atoms with E-state index < -0.39 is 29.2 Å². The summed E-state index contributed by atoms with van der Waals surface area (Å²) in [4.78, 5) is 42.3. The molecule has 0 fully saturated rings. The largest absolute Gasteiger partial charge is 0.478 e. The van der Waals surface area contributed by atoms with E-state index in [1.54, 1.807) is 24.3 Å². The number of carbonyl (C=O) groups is 3. The number of pyridine rings is 1. The average Bonchev–Trinajstić information content (AvgIpc) is 2.86. The molecule has 1 aromatic heterocycles. The van der Waals surface area contributed by atoms with Gasteiger partial charge in [0.05, 0.1) is 18.2 Å². The molecule has 0 aliphatic heterocycles. The second-order valence-electron chi connectivity index (χ2n) is 9.62. The second-order valence-corrected chi connectivity index (χ2v) is 10.0. The fourth-order valence-electron chi connectivity index (χ4n) is 3.62. The molecule has 7 N–H and O–H groups in total. The molecule has 0 spiro atoms. The van der Waals surface area contributed by atoms with E-state index in [9.17, 15) is 24.6 Å². The molecule has 1 unspecified atom stereocenters. The zero-order valence-electron chi connectivity index (χ0n) is 21.0. The number of carboxylic acid groups (broad SMARTS) is 1. The highest BCUT2D eigenvalue weighted by Gasteiger charge is 2.27. The number of aliphatic hydroxyl groups is 1. The molecule has 1 atom stereocenters. The average molecular weight is 538 g/mol. The van der Waals surface area contributed by atoms with Gasteiger partial charge >= 0.3 is 5.97 Å². The summed E-state index contributed by atoms with van der Waals surface area (Å²) in [5.74, 6) is -2.63. The van der Waals surface area contributed by atoms with Crippen LogP contribution in [0.2, 0.25) is 5.15 Å². The fraction of sp³-hybridized carbons (Fsp3) is 0.222. The predicted octanol–water partition coefficient (Wildman–Crippen LogP) is 3.77. The maximum absolute atomic E-state index is 13.1. The number of aromatic carboxylic acids is 1. The molecular formula is C27H28ClN5O5. The molecule has 10 nitrogen and oxygen atoms in total. The molecule has 0 saturated heterocycles. The van der Waals surface area contributed by atoms with Crippen molar-refractivity contribution in [3.63, 3.8) is 0 Å². The number of hydrogen-bond donors (Lipinski definition) is 6. The number of halogens is 1. The van der Waals surface area contributed by atoms with E-state index in [0.717, 1.165) is 0 Å². The van der Waals surface area contributed by atoms with E-state index in [2.05, 4.69) is 15.6 Å². The quantitative estimate of drug-likeness (QED) is 0.144. The molecule has 198 valence electrons. The molecule has 0 radical (unpaired) electrons. The summed E-state index contributed by atoms with van der Waals surface area (Å²) in [7, 11) is 0. The summed E-state index contributed by atoms with van der Waals surface area (Å²) >= 11 is 6.06. The number of benzene rings is 2. The first-order chi connectivity index (χ1) is 17.8. The third-order valence-electron chi connectivity index (χ3n) is 5.87. The van der Waals surface area contributed by atoms with Gasteiger partial charge in [-0.1, -0.05) is 38.4 Å². The van der Waals surface area contributed by atoms with Crippen molar-refractivity contribution in [2.45, 2.75) is 26.8 Å². The van der Waals surface area contributed by atoms with Crippen LogP contribution in [0.1, 0.15) is 57.5 Å². The predicted molar refractivity (Wildman–Crippen MR) is 145 cm³/mol. The maximum atomic E-state index is 13.1. The number of aliphatic hydroxyl groups excluding tert-OH is 1. The number of aromatic nitrogens is 1. The number of amides is 2. The van der Waals surface area contributed by atoms with E-state index in [4.69, 9.17) is 22.7 Å². The number of anilines is 1. The molecule has 3 aromatic rings. The number of carboxylic acids is 1. The minimum Gasteiger partial charge on any atom is -0.478 e. The highest BCUT2D eigenvalue weighted by atomic mass is 35.5. The monoisotopic (exact) mass is 537 g/mol. The molecule has 11 heteroatoms. The minimum absolute atomic E-state index is 0.0240. The number of rotatable bonds is 8. The Bertz CT molecular complexity index is 1400. The number of nitrogens with two attached hydrogens (primary N) is 1. The van der Waals surface area contributed by atoms with Crippen molar-refractivity contribution in [2.75, 3.05) is 11.9 Å². The Morgan fingerprint density at radius 1 is 1.00 bits per heavy atom. The Labute approximate surface area is 224 Å². The first-order valence-electron chi connectivity index (χ1n) is 11.5. The Morgan fingerprint density at radius 2 is 1.61 bits per heavy atom. The molecule has 1 heterocycles. The van der Waals surface area contributed by atoms with Gasteiger partial charge in [0.1, 0.15) is 16.7 Å². The van der Waals surface area contributed by atoms with E-state index >= 15 is 0 Å². The van der Waals surface area contributed by atoms with Crippen LogP contribution < -0.4 is 16.4 Å². The van der Waals surface area contributed by atoms with Gasteiger partial charge in [-0.05, 0) is 59.5 Å². The number of amidine groups is 1. The zero-order chi connectivity index (χ0) is 28.2. The molecule has 0 saturated carbocycles. The van der Waals surface area contributed by atoms with Crippen molar-refractivity contribution in [2.24, 2.45) is 11.1 Å². The van der Waals surface area contributed by atoms with Gasteiger partial charge in [-0.15, -0.1) is 0 Å². The fourth-order valence-corrected chi connectivity index (χ4v) is 3.77. The lowest BCUT2D eigenvalue weighted by molar-refractivity contribution is 0.0697. The summed E-state index contributed by atoms with van der Waals surface area (Å²) in [6.45, 7) is 5.29. The van der Waals surface area contributed by atoms with Gasteiger partial charge in [0.25, 0.3) is 11.8 Å². The molecule has 2 aromatic carbocycles. The Balaban J connectivity index is 1.99. The van der Waals surface area contributed by atoms with Gasteiger partial charge in [-0.25, -0.2) is 9.78 Å². The summed E-state index contributed by atoms with van der Waals surface area (Å²) in [5.41, 5.74) is 5.99. The number of hydrogen-bond acceptors (Lipinski definition) is 6. The Morgan fingerprint density at radius 3 is 2.16 bits per heavy atom.